The molecule has 3 aromatic rings. The van der Waals surface area contributed by atoms with Crippen molar-refractivity contribution < 1.29 is 9.53 Å². The number of ether oxygens (including phenoxy) is 1. The van der Waals surface area contributed by atoms with E-state index in [9.17, 15) is 4.79 Å². The minimum Gasteiger partial charge on any atom is -0.496 e. The van der Waals surface area contributed by atoms with Gasteiger partial charge in [0, 0.05) is 11.4 Å². The monoisotopic (exact) mass is 380 g/mol. The maximum atomic E-state index is 13.0. The quantitative estimate of drug-likeness (QED) is 0.686. The second-order valence-corrected chi connectivity index (χ2v) is 7.86. The van der Waals surface area contributed by atoms with E-state index in [-0.39, 0.29) is 11.9 Å². The van der Waals surface area contributed by atoms with Crippen LogP contribution in [0.2, 0.25) is 0 Å². The van der Waals surface area contributed by atoms with Crippen LogP contribution < -0.4 is 10.1 Å². The highest BCUT2D eigenvalue weighted by molar-refractivity contribution is 7.10. The SMILES string of the molecule is COc1cc2ccccc2cc1C(=O)NC[C@H](c1cccs1)N1CCCC1. The molecule has 0 saturated carbocycles. The van der Waals surface area contributed by atoms with Crippen LogP contribution in [0.4, 0.5) is 0 Å². The van der Waals surface area contributed by atoms with Crippen molar-refractivity contribution in [1.29, 1.82) is 0 Å². The molecule has 4 rings (SSSR count). The highest BCUT2D eigenvalue weighted by Crippen LogP contribution is 2.29. The molecule has 1 saturated heterocycles. The number of benzene rings is 2. The summed E-state index contributed by atoms with van der Waals surface area (Å²) in [5.74, 6) is 0.526. The number of nitrogens with zero attached hydrogens (tertiary/aromatic N) is 1. The summed E-state index contributed by atoms with van der Waals surface area (Å²) in [5.41, 5.74) is 0.586. The molecular weight excluding hydrogens is 356 g/mol. The normalized spacial score (nSPS) is 15.7. The van der Waals surface area contributed by atoms with Gasteiger partial charge in [0.1, 0.15) is 5.75 Å². The van der Waals surface area contributed by atoms with E-state index in [0.29, 0.717) is 17.9 Å². The van der Waals surface area contributed by atoms with Crippen molar-refractivity contribution in [2.24, 2.45) is 0 Å². The number of thiophene rings is 1. The summed E-state index contributed by atoms with van der Waals surface area (Å²) >= 11 is 1.76. The van der Waals surface area contributed by atoms with Crippen molar-refractivity contribution in [3.8, 4) is 5.75 Å². The molecule has 0 unspecified atom stereocenters. The van der Waals surface area contributed by atoms with E-state index in [1.54, 1.807) is 18.4 Å². The first-order valence-corrected chi connectivity index (χ1v) is 10.3. The number of carbonyl (C=O) groups excluding carboxylic acids is 1. The summed E-state index contributed by atoms with van der Waals surface area (Å²) in [6, 6.07) is 16.3. The lowest BCUT2D eigenvalue weighted by Gasteiger charge is -2.27. The molecule has 1 amide bonds. The lowest BCUT2D eigenvalue weighted by Crippen LogP contribution is -2.36. The summed E-state index contributed by atoms with van der Waals surface area (Å²) in [4.78, 5) is 16.7. The number of hydrogen-bond donors (Lipinski definition) is 1. The molecule has 2 heterocycles. The Morgan fingerprint density at radius 3 is 2.56 bits per heavy atom. The van der Waals surface area contributed by atoms with Gasteiger partial charge in [0.05, 0.1) is 18.7 Å². The van der Waals surface area contributed by atoms with Gasteiger partial charge in [0.2, 0.25) is 0 Å². The molecule has 140 valence electrons. The second kappa shape index (κ2) is 8.11. The van der Waals surface area contributed by atoms with E-state index < -0.39 is 0 Å². The summed E-state index contributed by atoms with van der Waals surface area (Å²) in [5, 5.41) is 7.36. The lowest BCUT2D eigenvalue weighted by atomic mass is 10.1. The van der Waals surface area contributed by atoms with Gasteiger partial charge in [-0.25, -0.2) is 0 Å². The maximum absolute atomic E-state index is 13.0. The van der Waals surface area contributed by atoms with Crippen LogP contribution in [-0.4, -0.2) is 37.6 Å². The zero-order valence-electron chi connectivity index (χ0n) is 15.5. The molecule has 5 heteroatoms. The van der Waals surface area contributed by atoms with Crippen LogP contribution in [0, 0.1) is 0 Å². The Balaban J connectivity index is 1.55. The van der Waals surface area contributed by atoms with E-state index in [2.05, 4.69) is 27.7 Å². The van der Waals surface area contributed by atoms with Crippen LogP contribution in [0.1, 0.15) is 34.1 Å². The van der Waals surface area contributed by atoms with Crippen LogP contribution in [0.25, 0.3) is 10.8 Å². The predicted molar refractivity (Wildman–Crippen MR) is 111 cm³/mol. The molecule has 1 aromatic heterocycles. The molecular formula is C22H24N2O2S. The first kappa shape index (κ1) is 18.0. The summed E-state index contributed by atoms with van der Waals surface area (Å²) in [6.45, 7) is 2.80. The molecule has 1 fully saturated rings. The van der Waals surface area contributed by atoms with Gasteiger partial charge in [-0.1, -0.05) is 30.3 Å². The third-order valence-corrected chi connectivity index (χ3v) is 6.19. The second-order valence-electron chi connectivity index (χ2n) is 6.88. The van der Waals surface area contributed by atoms with E-state index in [0.717, 1.165) is 23.9 Å². The van der Waals surface area contributed by atoms with Gasteiger partial charge >= 0.3 is 0 Å². The van der Waals surface area contributed by atoms with Crippen molar-refractivity contribution >= 4 is 28.0 Å². The predicted octanol–water partition coefficient (Wildman–Crippen LogP) is 4.48. The van der Waals surface area contributed by atoms with Gasteiger partial charge in [-0.3, -0.25) is 9.69 Å². The minimum absolute atomic E-state index is 0.0849. The fourth-order valence-electron chi connectivity index (χ4n) is 3.79. The maximum Gasteiger partial charge on any atom is 0.255 e. The summed E-state index contributed by atoms with van der Waals surface area (Å²) in [6.07, 6.45) is 2.46. The van der Waals surface area contributed by atoms with E-state index in [1.165, 1.54) is 17.7 Å². The highest BCUT2D eigenvalue weighted by atomic mass is 32.1. The van der Waals surface area contributed by atoms with Gasteiger partial charge in [0.15, 0.2) is 0 Å². The molecule has 1 aliphatic heterocycles. The first-order valence-electron chi connectivity index (χ1n) is 9.38. The number of fused-ring (bicyclic) bond motifs is 1. The van der Waals surface area contributed by atoms with Crippen molar-refractivity contribution in [2.45, 2.75) is 18.9 Å². The topological polar surface area (TPSA) is 41.6 Å². The molecule has 27 heavy (non-hydrogen) atoms. The third kappa shape index (κ3) is 3.84. The fourth-order valence-corrected chi connectivity index (χ4v) is 4.65. The molecule has 1 atom stereocenters. The highest BCUT2D eigenvalue weighted by Gasteiger charge is 2.25. The van der Waals surface area contributed by atoms with Crippen molar-refractivity contribution in [1.82, 2.24) is 10.2 Å². The number of hydrogen-bond acceptors (Lipinski definition) is 4. The zero-order valence-corrected chi connectivity index (χ0v) is 16.3. The number of likely N-dealkylation sites (tertiary alicyclic amines) is 1. The minimum atomic E-state index is -0.0849. The van der Waals surface area contributed by atoms with Crippen molar-refractivity contribution in [2.75, 3.05) is 26.7 Å². The number of amides is 1. The van der Waals surface area contributed by atoms with Crippen molar-refractivity contribution in [3.05, 3.63) is 64.4 Å². The van der Waals surface area contributed by atoms with Gasteiger partial charge in [-0.2, -0.15) is 0 Å². The molecule has 0 bridgehead atoms. The molecule has 4 nitrogen and oxygen atoms in total. The van der Waals surface area contributed by atoms with E-state index in [4.69, 9.17) is 4.74 Å². The zero-order chi connectivity index (χ0) is 18.6. The van der Waals surface area contributed by atoms with Crippen molar-refractivity contribution in [3.63, 3.8) is 0 Å². The van der Waals surface area contributed by atoms with E-state index in [1.807, 2.05) is 36.4 Å². The molecule has 0 aliphatic carbocycles. The third-order valence-electron chi connectivity index (χ3n) is 5.22. The standard InChI is InChI=1S/C22H24N2O2S/c1-26-20-14-17-8-3-2-7-16(17)13-18(20)22(25)23-15-19(21-9-6-12-27-21)24-10-4-5-11-24/h2-3,6-9,12-14,19H,4-5,10-11,15H2,1H3,(H,23,25)/t19-/m1/s1. The largest absolute Gasteiger partial charge is 0.496 e. The molecule has 0 spiro atoms. The molecule has 0 radical (unpaired) electrons. The Morgan fingerprint density at radius 1 is 1.15 bits per heavy atom. The number of methoxy groups -OCH3 is 1. The molecule has 2 aromatic carbocycles. The summed E-state index contributed by atoms with van der Waals surface area (Å²) in [7, 11) is 1.61. The van der Waals surface area contributed by atoms with Gasteiger partial charge in [-0.05, 0) is 60.3 Å². The smallest absolute Gasteiger partial charge is 0.255 e. The summed E-state index contributed by atoms with van der Waals surface area (Å²) < 4.78 is 5.48. The van der Waals surface area contributed by atoms with Crippen LogP contribution >= 0.6 is 11.3 Å². The Kier molecular flexibility index (Phi) is 5.41. The van der Waals surface area contributed by atoms with Crippen LogP contribution in [0.5, 0.6) is 5.75 Å². The average molecular weight is 381 g/mol. The first-order chi connectivity index (χ1) is 13.3. The molecule has 1 aliphatic rings. The lowest BCUT2D eigenvalue weighted by molar-refractivity contribution is 0.0935. The van der Waals surface area contributed by atoms with Gasteiger partial charge < -0.3 is 10.1 Å². The average Bonchev–Trinajstić information content (AvgIpc) is 3.41. The number of rotatable bonds is 6. The van der Waals surface area contributed by atoms with Crippen LogP contribution in [-0.2, 0) is 0 Å². The number of nitrogens with one attached hydrogen (secondary N) is 1. The number of carbonyl (C=O) groups is 1. The fraction of sp³-hybridized carbons (Fsp3) is 0.318. The Morgan fingerprint density at radius 2 is 1.89 bits per heavy atom. The molecule has 1 N–H and O–H groups in total. The Hall–Kier alpha value is -2.37. The van der Waals surface area contributed by atoms with E-state index >= 15 is 0 Å². The van der Waals surface area contributed by atoms with Crippen LogP contribution in [0.15, 0.2) is 53.9 Å². The van der Waals surface area contributed by atoms with Crippen LogP contribution in [0.3, 0.4) is 0 Å². The Labute approximate surface area is 163 Å². The van der Waals surface area contributed by atoms with Gasteiger partial charge in [-0.15, -0.1) is 11.3 Å². The Bertz CT molecular complexity index is 917. The van der Waals surface area contributed by atoms with Gasteiger partial charge in [0.25, 0.3) is 5.91 Å².